The number of aromatic nitrogens is 2. The van der Waals surface area contributed by atoms with Crippen LogP contribution in [-0.4, -0.2) is 66.0 Å². The summed E-state index contributed by atoms with van der Waals surface area (Å²) in [7, 11) is 5.39. The van der Waals surface area contributed by atoms with Gasteiger partial charge in [0.05, 0.1) is 12.7 Å². The van der Waals surface area contributed by atoms with Gasteiger partial charge in [0.15, 0.2) is 0 Å². The first kappa shape index (κ1) is 12.8. The first-order valence-electron chi connectivity index (χ1n) is 5.93. The number of nitrogens with zero attached hydrogens (tertiary/aromatic N) is 4. The van der Waals surface area contributed by atoms with Crippen molar-refractivity contribution in [1.82, 2.24) is 19.8 Å². The van der Waals surface area contributed by atoms with Crippen molar-refractivity contribution >= 4 is 5.91 Å². The maximum Gasteiger partial charge on any atom is 0.316 e. The van der Waals surface area contributed by atoms with Gasteiger partial charge in [0, 0.05) is 32.0 Å². The summed E-state index contributed by atoms with van der Waals surface area (Å²) in [5, 5.41) is 0. The van der Waals surface area contributed by atoms with Crippen LogP contribution in [-0.2, 0) is 0 Å². The van der Waals surface area contributed by atoms with Crippen LogP contribution in [0.1, 0.15) is 16.8 Å². The number of carbonyl (C=O) groups excluding carboxylic acids is 1. The number of carbonyl (C=O) groups is 1. The number of hydrogen-bond acceptors (Lipinski definition) is 5. The molecule has 0 aliphatic carbocycles. The van der Waals surface area contributed by atoms with Gasteiger partial charge in [0.1, 0.15) is 0 Å². The number of likely N-dealkylation sites (tertiary alicyclic amines) is 1. The molecule has 18 heavy (non-hydrogen) atoms. The van der Waals surface area contributed by atoms with E-state index in [-0.39, 0.29) is 18.0 Å². The van der Waals surface area contributed by atoms with Crippen LogP contribution in [0.5, 0.6) is 6.01 Å². The van der Waals surface area contributed by atoms with Crippen LogP contribution in [0.15, 0.2) is 12.4 Å². The highest BCUT2D eigenvalue weighted by atomic mass is 16.5. The Hall–Kier alpha value is -1.69. The highest BCUT2D eigenvalue weighted by Gasteiger charge is 2.27. The predicted octanol–water partition coefficient (Wildman–Crippen LogP) is 0.261. The molecule has 1 aliphatic heterocycles. The molecule has 0 saturated carbocycles. The van der Waals surface area contributed by atoms with Crippen molar-refractivity contribution in [1.29, 1.82) is 0 Å². The molecular weight excluding hydrogens is 232 g/mol. The molecule has 1 saturated heterocycles. The van der Waals surface area contributed by atoms with Crippen molar-refractivity contribution in [2.45, 2.75) is 12.5 Å². The van der Waals surface area contributed by atoms with Crippen molar-refractivity contribution in [3.05, 3.63) is 18.0 Å². The molecule has 1 fully saturated rings. The summed E-state index contributed by atoms with van der Waals surface area (Å²) in [6, 6.07) is 0.541. The van der Waals surface area contributed by atoms with Gasteiger partial charge in [-0.15, -0.1) is 0 Å². The van der Waals surface area contributed by atoms with Crippen LogP contribution in [0.2, 0.25) is 0 Å². The SMILES string of the molecule is COc1ncc(C(=O)N(C)C2CCN(C)C2)cn1. The first-order valence-corrected chi connectivity index (χ1v) is 5.93. The van der Waals surface area contributed by atoms with E-state index in [9.17, 15) is 4.79 Å². The van der Waals surface area contributed by atoms with Crippen molar-refractivity contribution in [3.63, 3.8) is 0 Å². The smallest absolute Gasteiger partial charge is 0.316 e. The fourth-order valence-electron chi connectivity index (χ4n) is 2.13. The molecule has 0 aromatic carbocycles. The Bertz CT molecular complexity index is 421. The monoisotopic (exact) mass is 250 g/mol. The molecule has 0 N–H and O–H groups in total. The summed E-state index contributed by atoms with van der Waals surface area (Å²) in [5.41, 5.74) is 0.493. The summed E-state index contributed by atoms with van der Waals surface area (Å²) in [6.45, 7) is 1.95. The lowest BCUT2D eigenvalue weighted by Crippen LogP contribution is -2.38. The van der Waals surface area contributed by atoms with Gasteiger partial charge in [0.25, 0.3) is 5.91 Å². The second-order valence-electron chi connectivity index (χ2n) is 4.58. The van der Waals surface area contributed by atoms with Gasteiger partial charge >= 0.3 is 6.01 Å². The van der Waals surface area contributed by atoms with Crippen molar-refractivity contribution in [2.75, 3.05) is 34.3 Å². The van der Waals surface area contributed by atoms with E-state index < -0.39 is 0 Å². The second-order valence-corrected chi connectivity index (χ2v) is 4.58. The van der Waals surface area contributed by atoms with Gasteiger partial charge in [-0.1, -0.05) is 0 Å². The lowest BCUT2D eigenvalue weighted by atomic mass is 10.2. The average molecular weight is 250 g/mol. The number of likely N-dealkylation sites (N-methyl/N-ethyl adjacent to an activating group) is 2. The van der Waals surface area contributed by atoms with Gasteiger partial charge in [0.2, 0.25) is 0 Å². The largest absolute Gasteiger partial charge is 0.467 e. The normalized spacial score (nSPS) is 19.8. The van der Waals surface area contributed by atoms with E-state index in [1.54, 1.807) is 4.90 Å². The summed E-state index contributed by atoms with van der Waals surface area (Å²) in [6.07, 6.45) is 4.02. The van der Waals surface area contributed by atoms with E-state index in [1.165, 1.54) is 19.5 Å². The van der Waals surface area contributed by atoms with Gasteiger partial charge in [-0.3, -0.25) is 4.79 Å². The molecule has 1 atom stereocenters. The van der Waals surface area contributed by atoms with E-state index in [0.717, 1.165) is 19.5 Å². The Labute approximate surface area is 107 Å². The van der Waals surface area contributed by atoms with Gasteiger partial charge in [-0.05, 0) is 20.0 Å². The minimum absolute atomic E-state index is 0.0436. The molecule has 6 nitrogen and oxygen atoms in total. The Morgan fingerprint density at radius 1 is 1.50 bits per heavy atom. The molecule has 0 spiro atoms. The van der Waals surface area contributed by atoms with E-state index in [4.69, 9.17) is 4.74 Å². The zero-order valence-electron chi connectivity index (χ0n) is 11.0. The van der Waals surface area contributed by atoms with Crippen molar-refractivity contribution in [2.24, 2.45) is 0 Å². The number of ether oxygens (including phenoxy) is 1. The number of amides is 1. The standard InChI is InChI=1S/C12H18N4O2/c1-15-5-4-10(8-15)16(2)11(17)9-6-13-12(18-3)14-7-9/h6-7,10H,4-5,8H2,1-3H3. The number of hydrogen-bond donors (Lipinski definition) is 0. The molecule has 0 bridgehead atoms. The lowest BCUT2D eigenvalue weighted by molar-refractivity contribution is 0.0736. The maximum absolute atomic E-state index is 12.2. The van der Waals surface area contributed by atoms with Gasteiger partial charge in [-0.2, -0.15) is 0 Å². The minimum Gasteiger partial charge on any atom is -0.467 e. The van der Waals surface area contributed by atoms with Crippen LogP contribution in [0.3, 0.4) is 0 Å². The minimum atomic E-state index is -0.0436. The topological polar surface area (TPSA) is 58.6 Å². The Morgan fingerprint density at radius 2 is 2.17 bits per heavy atom. The molecule has 1 amide bonds. The summed E-state index contributed by atoms with van der Waals surface area (Å²) in [4.78, 5) is 24.1. The zero-order valence-corrected chi connectivity index (χ0v) is 11.0. The molecule has 1 aromatic heterocycles. The predicted molar refractivity (Wildman–Crippen MR) is 66.6 cm³/mol. The second kappa shape index (κ2) is 5.30. The molecule has 2 heterocycles. The van der Waals surface area contributed by atoms with Crippen LogP contribution in [0.25, 0.3) is 0 Å². The molecule has 1 unspecified atom stereocenters. The third-order valence-electron chi connectivity index (χ3n) is 3.29. The summed E-state index contributed by atoms with van der Waals surface area (Å²) in [5.74, 6) is -0.0436. The lowest BCUT2D eigenvalue weighted by Gasteiger charge is -2.24. The van der Waals surface area contributed by atoms with Crippen molar-refractivity contribution in [3.8, 4) is 6.01 Å². The molecular formula is C12H18N4O2. The molecule has 0 radical (unpaired) electrons. The summed E-state index contributed by atoms with van der Waals surface area (Å²) < 4.78 is 4.87. The first-order chi connectivity index (χ1) is 8.61. The highest BCUT2D eigenvalue weighted by Crippen LogP contribution is 2.15. The highest BCUT2D eigenvalue weighted by molar-refractivity contribution is 5.93. The zero-order chi connectivity index (χ0) is 13.1. The molecule has 1 aliphatic rings. The number of rotatable bonds is 3. The average Bonchev–Trinajstić information content (AvgIpc) is 2.84. The van der Waals surface area contributed by atoms with E-state index in [0.29, 0.717) is 5.56 Å². The molecule has 2 rings (SSSR count). The van der Waals surface area contributed by atoms with E-state index in [1.807, 2.05) is 7.05 Å². The third kappa shape index (κ3) is 2.59. The van der Waals surface area contributed by atoms with Gasteiger partial charge in [-0.25, -0.2) is 9.97 Å². The third-order valence-corrected chi connectivity index (χ3v) is 3.29. The van der Waals surface area contributed by atoms with Crippen LogP contribution >= 0.6 is 0 Å². The van der Waals surface area contributed by atoms with Crippen LogP contribution < -0.4 is 4.74 Å². The fourth-order valence-corrected chi connectivity index (χ4v) is 2.13. The molecule has 1 aromatic rings. The van der Waals surface area contributed by atoms with Crippen LogP contribution in [0.4, 0.5) is 0 Å². The summed E-state index contributed by atoms with van der Waals surface area (Å²) >= 11 is 0. The number of methoxy groups -OCH3 is 1. The van der Waals surface area contributed by atoms with E-state index >= 15 is 0 Å². The quantitative estimate of drug-likeness (QED) is 0.770. The fraction of sp³-hybridized carbons (Fsp3) is 0.583. The van der Waals surface area contributed by atoms with Crippen LogP contribution in [0, 0.1) is 0 Å². The Kier molecular flexibility index (Phi) is 3.76. The van der Waals surface area contributed by atoms with Gasteiger partial charge < -0.3 is 14.5 Å². The Balaban J connectivity index is 2.05. The Morgan fingerprint density at radius 3 is 2.67 bits per heavy atom. The molecule has 98 valence electrons. The maximum atomic E-state index is 12.2. The molecule has 6 heteroatoms. The van der Waals surface area contributed by atoms with E-state index in [2.05, 4.69) is 21.9 Å². The van der Waals surface area contributed by atoms with Crippen molar-refractivity contribution < 1.29 is 9.53 Å².